The minimum Gasteiger partial charge on any atom is -0.454 e. The van der Waals surface area contributed by atoms with Crippen LogP contribution in [0.2, 0.25) is 5.15 Å². The fraction of sp³-hybridized carbons (Fsp3) is 0.333. The van der Waals surface area contributed by atoms with Crippen LogP contribution in [0.3, 0.4) is 0 Å². The molecule has 1 aliphatic heterocycles. The fourth-order valence-corrected chi connectivity index (χ4v) is 2.83. The van der Waals surface area contributed by atoms with Gasteiger partial charge in [-0.3, -0.25) is 9.48 Å². The van der Waals surface area contributed by atoms with Gasteiger partial charge in [0.15, 0.2) is 17.3 Å². The molecule has 0 atom stereocenters. The number of fused-ring (bicyclic) bond motifs is 1. The Morgan fingerprint density at radius 3 is 2.88 bits per heavy atom. The van der Waals surface area contributed by atoms with Crippen molar-refractivity contribution in [1.29, 1.82) is 0 Å². The maximum absolute atomic E-state index is 12.4. The molecular weight excluding hydrogens is 328 g/mol. The zero-order valence-electron chi connectivity index (χ0n) is 13.9. The molecule has 1 aliphatic rings. The molecule has 0 unspecified atom stereocenters. The SMILES string of the molecule is Cc1nn(CC(C)C)c(Cl)c1/C=C/C(=O)c1ccc2c(c1)OCO2. The number of aromatic nitrogens is 2. The van der Waals surface area contributed by atoms with Gasteiger partial charge in [0.1, 0.15) is 5.15 Å². The third-order valence-corrected chi connectivity index (χ3v) is 4.10. The van der Waals surface area contributed by atoms with E-state index in [0.717, 1.165) is 17.8 Å². The van der Waals surface area contributed by atoms with E-state index in [9.17, 15) is 4.79 Å². The van der Waals surface area contributed by atoms with Crippen molar-refractivity contribution in [3.8, 4) is 11.5 Å². The lowest BCUT2D eigenvalue weighted by Crippen LogP contribution is -2.06. The minimum atomic E-state index is -0.125. The van der Waals surface area contributed by atoms with Crippen molar-refractivity contribution in [2.24, 2.45) is 5.92 Å². The second-order valence-corrected chi connectivity index (χ2v) is 6.49. The summed E-state index contributed by atoms with van der Waals surface area (Å²) in [5, 5.41) is 4.99. The van der Waals surface area contributed by atoms with Crippen molar-refractivity contribution in [2.75, 3.05) is 6.79 Å². The summed E-state index contributed by atoms with van der Waals surface area (Å²) in [6.45, 7) is 7.02. The number of ether oxygens (including phenoxy) is 2. The quantitative estimate of drug-likeness (QED) is 0.603. The van der Waals surface area contributed by atoms with E-state index in [0.29, 0.717) is 28.1 Å². The molecule has 6 heteroatoms. The van der Waals surface area contributed by atoms with Crippen LogP contribution in [0.15, 0.2) is 24.3 Å². The second kappa shape index (κ2) is 6.69. The van der Waals surface area contributed by atoms with E-state index in [4.69, 9.17) is 21.1 Å². The summed E-state index contributed by atoms with van der Waals surface area (Å²) in [6.07, 6.45) is 3.22. The monoisotopic (exact) mass is 346 g/mol. The average Bonchev–Trinajstić information content (AvgIpc) is 3.09. The smallest absolute Gasteiger partial charge is 0.231 e. The molecular formula is C18H19ClN2O3. The number of allylic oxidation sites excluding steroid dienone is 1. The van der Waals surface area contributed by atoms with Crippen LogP contribution >= 0.6 is 11.6 Å². The van der Waals surface area contributed by atoms with Crippen LogP contribution in [0, 0.1) is 12.8 Å². The van der Waals surface area contributed by atoms with Gasteiger partial charge in [-0.1, -0.05) is 25.4 Å². The normalized spacial score (nSPS) is 13.2. The minimum absolute atomic E-state index is 0.125. The molecule has 1 aromatic carbocycles. The maximum atomic E-state index is 12.4. The standard InChI is InChI=1S/C18H19ClN2O3/c1-11(2)9-21-18(19)14(12(3)20-21)5-6-15(22)13-4-7-16-17(8-13)24-10-23-16/h4-8,11H,9-10H2,1-3H3/b6-5+. The van der Waals surface area contributed by atoms with Crippen LogP contribution in [0.1, 0.15) is 35.5 Å². The van der Waals surface area contributed by atoms with Gasteiger partial charge in [-0.25, -0.2) is 0 Å². The lowest BCUT2D eigenvalue weighted by Gasteiger charge is -2.05. The highest BCUT2D eigenvalue weighted by Gasteiger charge is 2.16. The van der Waals surface area contributed by atoms with E-state index in [-0.39, 0.29) is 12.6 Å². The molecule has 5 nitrogen and oxygen atoms in total. The number of benzene rings is 1. The first kappa shape index (κ1) is 16.6. The van der Waals surface area contributed by atoms with Gasteiger partial charge in [-0.05, 0) is 43.2 Å². The summed E-state index contributed by atoms with van der Waals surface area (Å²) in [5.41, 5.74) is 2.11. The lowest BCUT2D eigenvalue weighted by atomic mass is 10.1. The zero-order chi connectivity index (χ0) is 17.3. The zero-order valence-corrected chi connectivity index (χ0v) is 14.6. The Labute approximate surface area is 145 Å². The molecule has 0 fully saturated rings. The van der Waals surface area contributed by atoms with Crippen LogP contribution in [0.4, 0.5) is 0 Å². The van der Waals surface area contributed by atoms with Gasteiger partial charge in [-0.15, -0.1) is 0 Å². The Kier molecular flexibility index (Phi) is 4.62. The van der Waals surface area contributed by atoms with Crippen LogP contribution in [0.5, 0.6) is 11.5 Å². The summed E-state index contributed by atoms with van der Waals surface area (Å²) in [7, 11) is 0. The van der Waals surface area contributed by atoms with Gasteiger partial charge in [0, 0.05) is 17.7 Å². The van der Waals surface area contributed by atoms with E-state index in [1.54, 1.807) is 29.0 Å². The van der Waals surface area contributed by atoms with Crippen molar-refractivity contribution in [2.45, 2.75) is 27.3 Å². The number of hydrogen-bond donors (Lipinski definition) is 0. The summed E-state index contributed by atoms with van der Waals surface area (Å²) in [4.78, 5) is 12.4. The predicted octanol–water partition coefficient (Wildman–Crippen LogP) is 4.13. The topological polar surface area (TPSA) is 53.4 Å². The molecule has 0 aliphatic carbocycles. The first-order valence-corrected chi connectivity index (χ1v) is 8.18. The number of aryl methyl sites for hydroxylation is 1. The number of carbonyl (C=O) groups excluding carboxylic acids is 1. The fourth-order valence-electron chi connectivity index (χ4n) is 2.53. The third kappa shape index (κ3) is 3.31. The molecule has 0 saturated carbocycles. The van der Waals surface area contributed by atoms with E-state index in [1.807, 2.05) is 6.92 Å². The van der Waals surface area contributed by atoms with E-state index in [1.165, 1.54) is 6.08 Å². The maximum Gasteiger partial charge on any atom is 0.231 e. The molecule has 0 N–H and O–H groups in total. The van der Waals surface area contributed by atoms with Gasteiger partial charge in [-0.2, -0.15) is 5.10 Å². The number of halogens is 1. The molecule has 126 valence electrons. The van der Waals surface area contributed by atoms with Gasteiger partial charge < -0.3 is 9.47 Å². The van der Waals surface area contributed by atoms with E-state index < -0.39 is 0 Å². The van der Waals surface area contributed by atoms with E-state index in [2.05, 4.69) is 18.9 Å². The van der Waals surface area contributed by atoms with Crippen LogP contribution in [-0.2, 0) is 6.54 Å². The number of hydrogen-bond acceptors (Lipinski definition) is 4. The molecule has 0 radical (unpaired) electrons. The number of nitrogens with zero attached hydrogens (tertiary/aromatic N) is 2. The van der Waals surface area contributed by atoms with Crippen LogP contribution in [0.25, 0.3) is 6.08 Å². The number of carbonyl (C=O) groups is 1. The first-order chi connectivity index (χ1) is 11.5. The Bertz CT molecular complexity index is 809. The molecule has 24 heavy (non-hydrogen) atoms. The average molecular weight is 347 g/mol. The predicted molar refractivity (Wildman–Crippen MR) is 92.7 cm³/mol. The highest BCUT2D eigenvalue weighted by atomic mass is 35.5. The molecule has 2 heterocycles. The summed E-state index contributed by atoms with van der Waals surface area (Å²) in [5.74, 6) is 1.56. The van der Waals surface area contributed by atoms with Crippen molar-refractivity contribution < 1.29 is 14.3 Å². The van der Waals surface area contributed by atoms with Crippen LogP contribution in [-0.4, -0.2) is 22.4 Å². The van der Waals surface area contributed by atoms with Crippen molar-refractivity contribution in [1.82, 2.24) is 9.78 Å². The van der Waals surface area contributed by atoms with Crippen molar-refractivity contribution >= 4 is 23.5 Å². The largest absolute Gasteiger partial charge is 0.454 e. The van der Waals surface area contributed by atoms with Gasteiger partial charge >= 0.3 is 0 Å². The Balaban J connectivity index is 1.80. The second-order valence-electron chi connectivity index (χ2n) is 6.13. The van der Waals surface area contributed by atoms with Gasteiger partial charge in [0.05, 0.1) is 5.69 Å². The highest BCUT2D eigenvalue weighted by Crippen LogP contribution is 2.32. The molecule has 1 aromatic heterocycles. The summed E-state index contributed by atoms with van der Waals surface area (Å²) >= 11 is 6.38. The third-order valence-electron chi connectivity index (χ3n) is 3.71. The van der Waals surface area contributed by atoms with E-state index >= 15 is 0 Å². The highest BCUT2D eigenvalue weighted by molar-refractivity contribution is 6.31. The Morgan fingerprint density at radius 2 is 2.12 bits per heavy atom. The van der Waals surface area contributed by atoms with Crippen molar-refractivity contribution in [3.63, 3.8) is 0 Å². The molecule has 0 saturated heterocycles. The Hall–Kier alpha value is -2.27. The summed E-state index contributed by atoms with van der Waals surface area (Å²) in [6, 6.07) is 5.14. The van der Waals surface area contributed by atoms with Gasteiger partial charge in [0.2, 0.25) is 6.79 Å². The molecule has 0 spiro atoms. The van der Waals surface area contributed by atoms with Crippen molar-refractivity contribution in [3.05, 3.63) is 46.2 Å². The number of rotatable bonds is 5. The summed E-state index contributed by atoms with van der Waals surface area (Å²) < 4.78 is 12.3. The molecule has 2 aromatic rings. The van der Waals surface area contributed by atoms with Gasteiger partial charge in [0.25, 0.3) is 0 Å². The molecule has 3 rings (SSSR count). The number of ketones is 1. The Morgan fingerprint density at radius 1 is 1.38 bits per heavy atom. The lowest BCUT2D eigenvalue weighted by molar-refractivity contribution is 0.104. The molecule has 0 amide bonds. The molecule has 0 bridgehead atoms. The van der Waals surface area contributed by atoms with Crippen LogP contribution < -0.4 is 9.47 Å². The first-order valence-electron chi connectivity index (χ1n) is 7.80.